The normalized spacial score (nSPS) is 10.6. The molecule has 1 heterocycles. The van der Waals surface area contributed by atoms with Gasteiger partial charge in [-0.25, -0.2) is 4.98 Å². The number of aliphatic hydroxyl groups excluding tert-OH is 1. The Balaban J connectivity index is 2.54. The smallest absolute Gasteiger partial charge is 0.129 e. The Morgan fingerprint density at radius 2 is 2.24 bits per heavy atom. The number of thiazole rings is 1. The fourth-order valence-corrected chi connectivity index (χ4v) is 2.68. The SMILES string of the molecule is COc1ccc(C)cc1-c1nc(CO)c(Cl)s1. The van der Waals surface area contributed by atoms with Gasteiger partial charge in [0.2, 0.25) is 0 Å². The number of benzene rings is 1. The summed E-state index contributed by atoms with van der Waals surface area (Å²) < 4.78 is 5.82. The Kier molecular flexibility index (Phi) is 3.66. The quantitative estimate of drug-likeness (QED) is 0.930. The van der Waals surface area contributed by atoms with Crippen molar-refractivity contribution in [3.8, 4) is 16.3 Å². The Morgan fingerprint density at radius 3 is 2.82 bits per heavy atom. The largest absolute Gasteiger partial charge is 0.496 e. The van der Waals surface area contributed by atoms with E-state index in [1.807, 2.05) is 25.1 Å². The van der Waals surface area contributed by atoms with Crippen molar-refractivity contribution >= 4 is 22.9 Å². The molecule has 3 nitrogen and oxygen atoms in total. The Morgan fingerprint density at radius 1 is 1.47 bits per heavy atom. The van der Waals surface area contributed by atoms with Crippen molar-refractivity contribution in [1.82, 2.24) is 4.98 Å². The molecule has 0 bridgehead atoms. The average Bonchev–Trinajstić information content (AvgIpc) is 2.70. The molecule has 2 aromatic rings. The number of ether oxygens (including phenoxy) is 1. The van der Waals surface area contributed by atoms with Gasteiger partial charge in [0, 0.05) is 0 Å². The van der Waals surface area contributed by atoms with E-state index in [9.17, 15) is 0 Å². The van der Waals surface area contributed by atoms with Gasteiger partial charge >= 0.3 is 0 Å². The lowest BCUT2D eigenvalue weighted by molar-refractivity contribution is 0.278. The second-order valence-electron chi connectivity index (χ2n) is 3.60. The van der Waals surface area contributed by atoms with E-state index >= 15 is 0 Å². The summed E-state index contributed by atoms with van der Waals surface area (Å²) in [6.07, 6.45) is 0. The van der Waals surface area contributed by atoms with E-state index in [1.54, 1.807) is 7.11 Å². The molecule has 2 rings (SSSR count). The van der Waals surface area contributed by atoms with Crippen LogP contribution in [-0.4, -0.2) is 17.2 Å². The first-order chi connectivity index (χ1) is 8.15. The number of rotatable bonds is 3. The minimum absolute atomic E-state index is 0.149. The summed E-state index contributed by atoms with van der Waals surface area (Å²) in [5, 5.41) is 9.85. The lowest BCUT2D eigenvalue weighted by atomic mass is 10.1. The van der Waals surface area contributed by atoms with Crippen LogP contribution < -0.4 is 4.74 Å². The van der Waals surface area contributed by atoms with Gasteiger partial charge in [0.25, 0.3) is 0 Å². The zero-order valence-electron chi connectivity index (χ0n) is 9.53. The molecule has 17 heavy (non-hydrogen) atoms. The highest BCUT2D eigenvalue weighted by Gasteiger charge is 2.14. The van der Waals surface area contributed by atoms with Crippen LogP contribution >= 0.6 is 22.9 Å². The van der Waals surface area contributed by atoms with Crippen molar-refractivity contribution in [3.05, 3.63) is 33.8 Å². The number of hydrogen-bond donors (Lipinski definition) is 1. The van der Waals surface area contributed by atoms with Crippen LogP contribution in [0.25, 0.3) is 10.6 Å². The van der Waals surface area contributed by atoms with Gasteiger partial charge < -0.3 is 9.84 Å². The van der Waals surface area contributed by atoms with Crippen LogP contribution in [0.15, 0.2) is 18.2 Å². The molecule has 1 aromatic heterocycles. The van der Waals surface area contributed by atoms with Gasteiger partial charge in [-0.15, -0.1) is 11.3 Å². The first kappa shape index (κ1) is 12.4. The van der Waals surface area contributed by atoms with E-state index in [1.165, 1.54) is 11.3 Å². The number of hydrogen-bond acceptors (Lipinski definition) is 4. The van der Waals surface area contributed by atoms with E-state index in [0.29, 0.717) is 10.0 Å². The van der Waals surface area contributed by atoms with E-state index in [-0.39, 0.29) is 6.61 Å². The summed E-state index contributed by atoms with van der Waals surface area (Å²) in [6.45, 7) is 1.86. The molecule has 0 unspecified atom stereocenters. The molecule has 0 aliphatic carbocycles. The van der Waals surface area contributed by atoms with Gasteiger partial charge in [0.05, 0.1) is 25.0 Å². The van der Waals surface area contributed by atoms with Crippen molar-refractivity contribution < 1.29 is 9.84 Å². The zero-order valence-corrected chi connectivity index (χ0v) is 11.1. The lowest BCUT2D eigenvalue weighted by Gasteiger charge is -2.06. The van der Waals surface area contributed by atoms with Crippen molar-refractivity contribution in [3.63, 3.8) is 0 Å². The molecule has 5 heteroatoms. The number of halogens is 1. The molecule has 90 valence electrons. The molecule has 0 saturated heterocycles. The molecule has 0 radical (unpaired) electrons. The minimum atomic E-state index is -0.149. The van der Waals surface area contributed by atoms with Crippen molar-refractivity contribution in [2.24, 2.45) is 0 Å². The first-order valence-corrected chi connectivity index (χ1v) is 6.26. The van der Waals surface area contributed by atoms with Gasteiger partial charge in [-0.05, 0) is 19.1 Å². The van der Waals surface area contributed by atoms with Crippen LogP contribution in [0, 0.1) is 6.92 Å². The van der Waals surface area contributed by atoms with Crippen molar-refractivity contribution in [1.29, 1.82) is 0 Å². The second-order valence-corrected chi connectivity index (χ2v) is 5.20. The molecular formula is C12H12ClNO2S. The number of nitrogens with zero attached hydrogens (tertiary/aromatic N) is 1. The third kappa shape index (κ3) is 2.44. The fourth-order valence-electron chi connectivity index (χ4n) is 1.53. The molecule has 0 aliphatic rings. The van der Waals surface area contributed by atoms with Crippen LogP contribution in [0.2, 0.25) is 4.34 Å². The number of aliphatic hydroxyl groups is 1. The lowest BCUT2D eigenvalue weighted by Crippen LogP contribution is -1.89. The molecule has 0 atom stereocenters. The van der Waals surface area contributed by atoms with E-state index in [4.69, 9.17) is 21.4 Å². The highest BCUT2D eigenvalue weighted by molar-refractivity contribution is 7.19. The summed E-state index contributed by atoms with van der Waals surface area (Å²) in [4.78, 5) is 4.30. The van der Waals surface area contributed by atoms with Crippen LogP contribution in [0.4, 0.5) is 0 Å². The fraction of sp³-hybridized carbons (Fsp3) is 0.250. The maximum Gasteiger partial charge on any atom is 0.129 e. The number of aryl methyl sites for hydroxylation is 1. The predicted molar refractivity (Wildman–Crippen MR) is 69.8 cm³/mol. The summed E-state index contributed by atoms with van der Waals surface area (Å²) >= 11 is 7.33. The van der Waals surface area contributed by atoms with Crippen LogP contribution in [0.3, 0.4) is 0 Å². The van der Waals surface area contributed by atoms with Gasteiger partial charge in [-0.3, -0.25) is 0 Å². The standard InChI is InChI=1S/C12H12ClNO2S/c1-7-3-4-10(16-2)8(5-7)12-14-9(6-15)11(13)17-12/h3-5,15H,6H2,1-2H3. The second kappa shape index (κ2) is 5.04. The summed E-state index contributed by atoms with van der Waals surface area (Å²) in [7, 11) is 1.62. The van der Waals surface area contributed by atoms with Gasteiger partial charge in [-0.2, -0.15) is 0 Å². The summed E-state index contributed by atoms with van der Waals surface area (Å²) in [6, 6.07) is 5.87. The highest BCUT2D eigenvalue weighted by Crippen LogP contribution is 2.37. The molecule has 0 spiro atoms. The Bertz CT molecular complexity index is 539. The van der Waals surface area contributed by atoms with E-state index in [2.05, 4.69) is 4.98 Å². The monoisotopic (exact) mass is 269 g/mol. The van der Waals surface area contributed by atoms with Crippen LogP contribution in [0.1, 0.15) is 11.3 Å². The van der Waals surface area contributed by atoms with Crippen molar-refractivity contribution in [2.45, 2.75) is 13.5 Å². The maximum atomic E-state index is 9.09. The zero-order chi connectivity index (χ0) is 12.4. The predicted octanol–water partition coefficient (Wildman–Crippen LogP) is 3.27. The average molecular weight is 270 g/mol. The molecule has 0 aliphatic heterocycles. The molecule has 0 fully saturated rings. The first-order valence-electron chi connectivity index (χ1n) is 5.06. The number of aromatic nitrogens is 1. The summed E-state index contributed by atoms with van der Waals surface area (Å²) in [5.74, 6) is 0.755. The molecule has 0 saturated carbocycles. The van der Waals surface area contributed by atoms with E-state index in [0.717, 1.165) is 21.9 Å². The Labute approximate surface area is 109 Å². The Hall–Kier alpha value is -1.10. The number of methoxy groups -OCH3 is 1. The molecule has 0 amide bonds. The van der Waals surface area contributed by atoms with Gasteiger partial charge in [0.15, 0.2) is 0 Å². The minimum Gasteiger partial charge on any atom is -0.496 e. The third-order valence-corrected chi connectivity index (χ3v) is 3.75. The molecule has 1 N–H and O–H groups in total. The van der Waals surface area contributed by atoms with Crippen LogP contribution in [-0.2, 0) is 6.61 Å². The van der Waals surface area contributed by atoms with Gasteiger partial charge in [0.1, 0.15) is 15.1 Å². The van der Waals surface area contributed by atoms with E-state index < -0.39 is 0 Å². The summed E-state index contributed by atoms with van der Waals surface area (Å²) in [5.41, 5.74) is 2.53. The van der Waals surface area contributed by atoms with Crippen molar-refractivity contribution in [2.75, 3.05) is 7.11 Å². The van der Waals surface area contributed by atoms with Crippen LogP contribution in [0.5, 0.6) is 5.75 Å². The highest BCUT2D eigenvalue weighted by atomic mass is 35.5. The topological polar surface area (TPSA) is 42.4 Å². The van der Waals surface area contributed by atoms with Gasteiger partial charge in [-0.1, -0.05) is 23.2 Å². The third-order valence-electron chi connectivity index (χ3n) is 2.38. The molecular weight excluding hydrogens is 258 g/mol. The maximum absolute atomic E-state index is 9.09. The molecule has 1 aromatic carbocycles.